The fraction of sp³-hybridized carbons (Fsp3) is 0.600. The van der Waals surface area contributed by atoms with Crippen molar-refractivity contribution < 1.29 is 9.84 Å². The fourth-order valence-electron chi connectivity index (χ4n) is 2.47. The Balaban J connectivity index is 2.44. The molecule has 0 bridgehead atoms. The van der Waals surface area contributed by atoms with Gasteiger partial charge in [-0.15, -0.1) is 0 Å². The number of aliphatic hydroxyl groups excluding tert-OH is 1. The first-order chi connectivity index (χ1) is 8.84. The summed E-state index contributed by atoms with van der Waals surface area (Å²) < 4.78 is 6.01. The normalized spacial score (nSPS) is 19.0. The SMILES string of the molecule is CC(C)N1CC(C)(C)Oc2ccc(C(O)CN)cc21. The van der Waals surface area contributed by atoms with Crippen molar-refractivity contribution in [3.8, 4) is 5.75 Å². The second kappa shape index (κ2) is 5.02. The Hall–Kier alpha value is -1.26. The molecule has 1 aliphatic rings. The highest BCUT2D eigenvalue weighted by Crippen LogP contribution is 2.39. The number of rotatable bonds is 3. The van der Waals surface area contributed by atoms with Crippen LogP contribution in [0.3, 0.4) is 0 Å². The van der Waals surface area contributed by atoms with Crippen molar-refractivity contribution in [1.82, 2.24) is 0 Å². The summed E-state index contributed by atoms with van der Waals surface area (Å²) in [5.74, 6) is 0.873. The van der Waals surface area contributed by atoms with Gasteiger partial charge < -0.3 is 20.5 Å². The van der Waals surface area contributed by atoms with Crippen LogP contribution in [0.15, 0.2) is 18.2 Å². The zero-order valence-corrected chi connectivity index (χ0v) is 12.2. The highest BCUT2D eigenvalue weighted by Gasteiger charge is 2.33. The Kier molecular flexibility index (Phi) is 3.74. The second-order valence-electron chi connectivity index (χ2n) is 6.06. The van der Waals surface area contributed by atoms with Crippen LogP contribution in [-0.4, -0.2) is 29.8 Å². The molecule has 2 rings (SSSR count). The van der Waals surface area contributed by atoms with Crippen LogP contribution in [-0.2, 0) is 0 Å². The summed E-state index contributed by atoms with van der Waals surface area (Å²) in [7, 11) is 0. The van der Waals surface area contributed by atoms with Gasteiger partial charge in [0.05, 0.1) is 18.3 Å². The van der Waals surface area contributed by atoms with E-state index in [-0.39, 0.29) is 12.1 Å². The van der Waals surface area contributed by atoms with Crippen LogP contribution in [0, 0.1) is 0 Å². The highest BCUT2D eigenvalue weighted by atomic mass is 16.5. The molecule has 1 heterocycles. The third-order valence-electron chi connectivity index (χ3n) is 3.46. The van der Waals surface area contributed by atoms with E-state index in [9.17, 15) is 5.11 Å². The number of hydrogen-bond acceptors (Lipinski definition) is 4. The van der Waals surface area contributed by atoms with Gasteiger partial charge in [0.2, 0.25) is 0 Å². The van der Waals surface area contributed by atoms with E-state index in [1.807, 2.05) is 18.2 Å². The second-order valence-corrected chi connectivity index (χ2v) is 6.06. The zero-order chi connectivity index (χ0) is 14.2. The lowest BCUT2D eigenvalue weighted by Gasteiger charge is -2.43. The predicted molar refractivity (Wildman–Crippen MR) is 77.6 cm³/mol. The molecule has 0 aromatic heterocycles. The fourth-order valence-corrected chi connectivity index (χ4v) is 2.47. The molecule has 1 aromatic rings. The maximum atomic E-state index is 9.87. The van der Waals surface area contributed by atoms with E-state index in [1.54, 1.807) is 0 Å². The first kappa shape index (κ1) is 14.2. The van der Waals surface area contributed by atoms with Gasteiger partial charge in [-0.05, 0) is 45.4 Å². The van der Waals surface area contributed by atoms with Crippen molar-refractivity contribution >= 4 is 5.69 Å². The lowest BCUT2D eigenvalue weighted by molar-refractivity contribution is 0.102. The molecule has 0 radical (unpaired) electrons. The van der Waals surface area contributed by atoms with E-state index >= 15 is 0 Å². The average Bonchev–Trinajstić information content (AvgIpc) is 2.35. The summed E-state index contributed by atoms with van der Waals surface area (Å²) in [6, 6.07) is 6.19. The number of aliphatic hydroxyl groups is 1. The molecule has 1 aromatic carbocycles. The molecule has 0 amide bonds. The highest BCUT2D eigenvalue weighted by molar-refractivity contribution is 5.63. The molecule has 0 spiro atoms. The molecule has 1 aliphatic heterocycles. The van der Waals surface area contributed by atoms with Gasteiger partial charge in [-0.25, -0.2) is 0 Å². The average molecular weight is 264 g/mol. The van der Waals surface area contributed by atoms with Gasteiger partial charge in [0, 0.05) is 12.6 Å². The van der Waals surface area contributed by atoms with E-state index in [4.69, 9.17) is 10.5 Å². The van der Waals surface area contributed by atoms with Gasteiger partial charge in [0.15, 0.2) is 0 Å². The van der Waals surface area contributed by atoms with Crippen LogP contribution in [0.4, 0.5) is 5.69 Å². The number of fused-ring (bicyclic) bond motifs is 1. The maximum absolute atomic E-state index is 9.87. The molecule has 106 valence electrons. The number of ether oxygens (including phenoxy) is 1. The van der Waals surface area contributed by atoms with Crippen LogP contribution in [0.5, 0.6) is 5.75 Å². The third-order valence-corrected chi connectivity index (χ3v) is 3.46. The van der Waals surface area contributed by atoms with Gasteiger partial charge >= 0.3 is 0 Å². The summed E-state index contributed by atoms with van der Waals surface area (Å²) in [5, 5.41) is 9.87. The Labute approximate surface area is 115 Å². The molecule has 0 saturated carbocycles. The molecule has 0 aliphatic carbocycles. The Morgan fingerprint density at radius 2 is 2.11 bits per heavy atom. The van der Waals surface area contributed by atoms with Crippen molar-refractivity contribution in [3.05, 3.63) is 23.8 Å². The van der Waals surface area contributed by atoms with Crippen LogP contribution < -0.4 is 15.4 Å². The number of hydrogen-bond donors (Lipinski definition) is 2. The Morgan fingerprint density at radius 1 is 1.42 bits per heavy atom. The first-order valence-electron chi connectivity index (χ1n) is 6.82. The lowest BCUT2D eigenvalue weighted by atomic mass is 10.0. The van der Waals surface area contributed by atoms with E-state index in [0.717, 1.165) is 23.5 Å². The molecule has 1 unspecified atom stereocenters. The first-order valence-corrected chi connectivity index (χ1v) is 6.82. The van der Waals surface area contributed by atoms with Gasteiger partial charge in [-0.2, -0.15) is 0 Å². The van der Waals surface area contributed by atoms with Crippen molar-refractivity contribution in [2.75, 3.05) is 18.0 Å². The molecule has 4 nitrogen and oxygen atoms in total. The zero-order valence-electron chi connectivity index (χ0n) is 12.2. The van der Waals surface area contributed by atoms with E-state index in [0.29, 0.717) is 6.04 Å². The summed E-state index contributed by atoms with van der Waals surface area (Å²) in [5.41, 5.74) is 7.20. The molecule has 1 atom stereocenters. The summed E-state index contributed by atoms with van der Waals surface area (Å²) in [6.07, 6.45) is -0.616. The van der Waals surface area contributed by atoms with Gasteiger partial charge in [-0.1, -0.05) is 6.07 Å². The molecule has 3 N–H and O–H groups in total. The molecular formula is C15H24N2O2. The number of nitrogens with two attached hydrogens (primary N) is 1. The van der Waals surface area contributed by atoms with Crippen molar-refractivity contribution in [3.63, 3.8) is 0 Å². The minimum absolute atomic E-state index is 0.203. The topological polar surface area (TPSA) is 58.7 Å². The smallest absolute Gasteiger partial charge is 0.143 e. The maximum Gasteiger partial charge on any atom is 0.143 e. The third kappa shape index (κ3) is 2.85. The van der Waals surface area contributed by atoms with Gasteiger partial charge in [-0.3, -0.25) is 0 Å². The van der Waals surface area contributed by atoms with Gasteiger partial charge in [0.1, 0.15) is 11.4 Å². The molecule has 0 saturated heterocycles. The summed E-state index contributed by atoms with van der Waals surface area (Å²) >= 11 is 0. The Bertz CT molecular complexity index is 457. The monoisotopic (exact) mass is 264 g/mol. The van der Waals surface area contributed by atoms with Crippen LogP contribution in [0.25, 0.3) is 0 Å². The molecule has 0 fully saturated rings. The largest absolute Gasteiger partial charge is 0.484 e. The minimum atomic E-state index is -0.616. The van der Waals surface area contributed by atoms with Crippen LogP contribution in [0.2, 0.25) is 0 Å². The number of benzene rings is 1. The van der Waals surface area contributed by atoms with Crippen LogP contribution in [0.1, 0.15) is 39.4 Å². The lowest BCUT2D eigenvalue weighted by Crippen LogP contribution is -2.49. The van der Waals surface area contributed by atoms with Crippen molar-refractivity contribution in [2.45, 2.75) is 45.4 Å². The van der Waals surface area contributed by atoms with E-state index < -0.39 is 6.10 Å². The standard InChI is InChI=1S/C15H24N2O2/c1-10(2)17-9-15(3,4)19-14-6-5-11(7-12(14)17)13(18)8-16/h5-7,10,13,18H,8-9,16H2,1-4H3. The molecule has 4 heteroatoms. The molecule has 19 heavy (non-hydrogen) atoms. The quantitative estimate of drug-likeness (QED) is 0.877. The van der Waals surface area contributed by atoms with Gasteiger partial charge in [0.25, 0.3) is 0 Å². The molecular weight excluding hydrogens is 240 g/mol. The van der Waals surface area contributed by atoms with E-state index in [1.165, 1.54) is 0 Å². The number of nitrogens with zero attached hydrogens (tertiary/aromatic N) is 1. The van der Waals surface area contributed by atoms with Crippen molar-refractivity contribution in [1.29, 1.82) is 0 Å². The minimum Gasteiger partial charge on any atom is -0.484 e. The van der Waals surface area contributed by atoms with Crippen LogP contribution >= 0.6 is 0 Å². The summed E-state index contributed by atoms with van der Waals surface area (Å²) in [6.45, 7) is 9.57. The van der Waals surface area contributed by atoms with Crippen molar-refractivity contribution in [2.24, 2.45) is 5.73 Å². The van der Waals surface area contributed by atoms with E-state index in [2.05, 4.69) is 32.6 Å². The predicted octanol–water partition coefficient (Wildman–Crippen LogP) is 2.06. The number of anilines is 1. The summed E-state index contributed by atoms with van der Waals surface area (Å²) in [4.78, 5) is 2.31. The Morgan fingerprint density at radius 3 is 2.68 bits per heavy atom.